The number of nitrogens with two attached hydrogens (primary N) is 1. The lowest BCUT2D eigenvalue weighted by Gasteiger charge is -2.33. The van der Waals surface area contributed by atoms with Crippen molar-refractivity contribution in [3.8, 4) is 6.07 Å². The summed E-state index contributed by atoms with van der Waals surface area (Å²) in [7, 11) is 0. The number of hydrogen-bond acceptors (Lipinski definition) is 5. The van der Waals surface area contributed by atoms with Crippen molar-refractivity contribution in [1.29, 1.82) is 5.26 Å². The molecule has 18 heavy (non-hydrogen) atoms. The van der Waals surface area contributed by atoms with E-state index in [0.717, 1.165) is 25.9 Å². The molecule has 1 heterocycles. The smallest absolute Gasteiger partial charge is 0.235 e. The summed E-state index contributed by atoms with van der Waals surface area (Å²) in [5, 5.41) is 14.1. The first kappa shape index (κ1) is 14.4. The Bertz CT molecular complexity index is 333. The van der Waals surface area contributed by atoms with Crippen LogP contribution in [0.1, 0.15) is 12.8 Å². The van der Waals surface area contributed by atoms with Crippen molar-refractivity contribution in [2.75, 3.05) is 32.7 Å². The number of hydrogen-bond donors (Lipinski definition) is 3. The summed E-state index contributed by atoms with van der Waals surface area (Å²) in [6.07, 6.45) is 1.78. The Labute approximate surface area is 106 Å². The molecule has 0 spiro atoms. The Kier molecular flexibility index (Phi) is 6.11. The van der Waals surface area contributed by atoms with E-state index in [1.807, 2.05) is 6.07 Å². The van der Waals surface area contributed by atoms with Gasteiger partial charge in [0.2, 0.25) is 11.8 Å². The minimum absolute atomic E-state index is 0.0184. The van der Waals surface area contributed by atoms with Gasteiger partial charge in [-0.3, -0.25) is 14.5 Å². The zero-order valence-corrected chi connectivity index (χ0v) is 10.3. The Balaban J connectivity index is 2.51. The zero-order chi connectivity index (χ0) is 13.4. The SMILES string of the molecule is N#CCNC(=O)CN(CC(N)=O)C1CCNCC1. The summed E-state index contributed by atoms with van der Waals surface area (Å²) >= 11 is 0. The fourth-order valence-electron chi connectivity index (χ4n) is 2.06. The van der Waals surface area contributed by atoms with Gasteiger partial charge in [-0.1, -0.05) is 0 Å². The molecule has 0 radical (unpaired) electrons. The highest BCUT2D eigenvalue weighted by Crippen LogP contribution is 2.10. The molecule has 0 aromatic carbocycles. The lowest BCUT2D eigenvalue weighted by molar-refractivity contribution is -0.124. The zero-order valence-electron chi connectivity index (χ0n) is 10.3. The molecule has 1 rings (SSSR count). The van der Waals surface area contributed by atoms with Gasteiger partial charge in [-0.05, 0) is 25.9 Å². The van der Waals surface area contributed by atoms with Crippen LogP contribution in [0, 0.1) is 11.3 Å². The molecule has 100 valence electrons. The molecular weight excluding hydrogens is 234 g/mol. The predicted molar refractivity (Wildman–Crippen MR) is 65.3 cm³/mol. The number of carbonyl (C=O) groups excluding carboxylic acids is 2. The first-order valence-corrected chi connectivity index (χ1v) is 6.00. The molecule has 0 aromatic heterocycles. The van der Waals surface area contributed by atoms with E-state index in [9.17, 15) is 9.59 Å². The topological polar surface area (TPSA) is 111 Å². The second kappa shape index (κ2) is 7.63. The van der Waals surface area contributed by atoms with Crippen LogP contribution in [-0.2, 0) is 9.59 Å². The molecule has 2 amide bonds. The van der Waals surface area contributed by atoms with Gasteiger partial charge in [-0.25, -0.2) is 0 Å². The quantitative estimate of drug-likeness (QED) is 0.482. The molecule has 1 aliphatic rings. The lowest BCUT2D eigenvalue weighted by Crippen LogP contribution is -2.50. The first-order valence-electron chi connectivity index (χ1n) is 6.00. The molecule has 0 aromatic rings. The third-order valence-electron chi connectivity index (χ3n) is 2.90. The van der Waals surface area contributed by atoms with Gasteiger partial charge in [-0.2, -0.15) is 5.26 Å². The molecule has 0 unspecified atom stereocenters. The van der Waals surface area contributed by atoms with Gasteiger partial charge >= 0.3 is 0 Å². The minimum atomic E-state index is -0.443. The maximum atomic E-state index is 11.6. The van der Waals surface area contributed by atoms with Crippen LogP contribution in [0.5, 0.6) is 0 Å². The highest BCUT2D eigenvalue weighted by molar-refractivity contribution is 5.80. The molecule has 1 fully saturated rings. The largest absolute Gasteiger partial charge is 0.369 e. The van der Waals surface area contributed by atoms with E-state index in [-0.39, 0.29) is 31.6 Å². The van der Waals surface area contributed by atoms with Crippen molar-refractivity contribution >= 4 is 11.8 Å². The second-order valence-electron chi connectivity index (χ2n) is 4.29. The first-order chi connectivity index (χ1) is 8.63. The van der Waals surface area contributed by atoms with Crippen LogP contribution in [0.4, 0.5) is 0 Å². The van der Waals surface area contributed by atoms with Crippen LogP contribution in [-0.4, -0.2) is 55.5 Å². The van der Waals surface area contributed by atoms with Crippen LogP contribution in [0.2, 0.25) is 0 Å². The van der Waals surface area contributed by atoms with Gasteiger partial charge in [-0.15, -0.1) is 0 Å². The Morgan fingerprint density at radius 3 is 2.61 bits per heavy atom. The van der Waals surface area contributed by atoms with E-state index in [1.54, 1.807) is 4.90 Å². The average molecular weight is 253 g/mol. The number of primary amides is 1. The Hall–Kier alpha value is -1.65. The number of carbonyl (C=O) groups is 2. The van der Waals surface area contributed by atoms with Gasteiger partial charge in [0.25, 0.3) is 0 Å². The van der Waals surface area contributed by atoms with Crippen LogP contribution in [0.3, 0.4) is 0 Å². The predicted octanol–water partition coefficient (Wildman–Crippen LogP) is -1.83. The molecule has 0 atom stereocenters. The number of piperidine rings is 1. The fourth-order valence-corrected chi connectivity index (χ4v) is 2.06. The van der Waals surface area contributed by atoms with Crippen molar-refractivity contribution < 1.29 is 9.59 Å². The average Bonchev–Trinajstić information content (AvgIpc) is 2.36. The van der Waals surface area contributed by atoms with Gasteiger partial charge in [0.1, 0.15) is 6.54 Å². The third kappa shape index (κ3) is 5.12. The second-order valence-corrected chi connectivity index (χ2v) is 4.29. The van der Waals surface area contributed by atoms with Crippen molar-refractivity contribution in [2.45, 2.75) is 18.9 Å². The minimum Gasteiger partial charge on any atom is -0.369 e. The van der Waals surface area contributed by atoms with Crippen LogP contribution in [0.15, 0.2) is 0 Å². The maximum Gasteiger partial charge on any atom is 0.235 e. The fraction of sp³-hybridized carbons (Fsp3) is 0.727. The summed E-state index contributed by atoms with van der Waals surface area (Å²) in [6.45, 7) is 1.91. The molecule has 1 aliphatic heterocycles. The summed E-state index contributed by atoms with van der Waals surface area (Å²) in [5.41, 5.74) is 5.20. The van der Waals surface area contributed by atoms with E-state index < -0.39 is 5.91 Å². The number of rotatable bonds is 6. The number of nitriles is 1. The Morgan fingerprint density at radius 2 is 2.06 bits per heavy atom. The molecule has 7 nitrogen and oxygen atoms in total. The van der Waals surface area contributed by atoms with Gasteiger partial charge in [0.15, 0.2) is 0 Å². The number of amides is 2. The summed E-state index contributed by atoms with van der Waals surface area (Å²) in [6, 6.07) is 2.03. The monoisotopic (exact) mass is 253 g/mol. The summed E-state index contributed by atoms with van der Waals surface area (Å²) in [5.74, 6) is -0.696. The lowest BCUT2D eigenvalue weighted by atomic mass is 10.0. The van der Waals surface area contributed by atoms with Crippen LogP contribution in [0.25, 0.3) is 0 Å². The molecule has 1 saturated heterocycles. The van der Waals surface area contributed by atoms with Gasteiger partial charge in [0.05, 0.1) is 19.2 Å². The van der Waals surface area contributed by atoms with E-state index in [1.165, 1.54) is 0 Å². The standard InChI is InChI=1S/C11H19N5O2/c12-3-6-15-11(18)8-16(7-10(13)17)9-1-4-14-5-2-9/h9,14H,1-2,4-8H2,(H2,13,17)(H,15,18). The van der Waals surface area contributed by atoms with E-state index in [4.69, 9.17) is 11.0 Å². The molecule has 0 bridgehead atoms. The highest BCUT2D eigenvalue weighted by atomic mass is 16.2. The van der Waals surface area contributed by atoms with Crippen molar-refractivity contribution in [3.63, 3.8) is 0 Å². The van der Waals surface area contributed by atoms with Crippen LogP contribution >= 0.6 is 0 Å². The van der Waals surface area contributed by atoms with E-state index in [2.05, 4.69) is 10.6 Å². The molecule has 0 saturated carbocycles. The van der Waals surface area contributed by atoms with Crippen molar-refractivity contribution in [1.82, 2.24) is 15.5 Å². The normalized spacial score (nSPS) is 16.2. The third-order valence-corrected chi connectivity index (χ3v) is 2.90. The van der Waals surface area contributed by atoms with E-state index in [0.29, 0.717) is 0 Å². The van der Waals surface area contributed by atoms with Gasteiger partial charge < -0.3 is 16.4 Å². The Morgan fingerprint density at radius 1 is 1.39 bits per heavy atom. The van der Waals surface area contributed by atoms with Gasteiger partial charge in [0, 0.05) is 6.04 Å². The molecule has 7 heteroatoms. The number of nitrogens with zero attached hydrogens (tertiary/aromatic N) is 2. The number of nitrogens with one attached hydrogen (secondary N) is 2. The highest BCUT2D eigenvalue weighted by Gasteiger charge is 2.23. The summed E-state index contributed by atoms with van der Waals surface area (Å²) < 4.78 is 0. The summed E-state index contributed by atoms with van der Waals surface area (Å²) in [4.78, 5) is 24.4. The van der Waals surface area contributed by atoms with Crippen molar-refractivity contribution in [2.24, 2.45) is 5.73 Å². The van der Waals surface area contributed by atoms with Crippen molar-refractivity contribution in [3.05, 3.63) is 0 Å². The van der Waals surface area contributed by atoms with Crippen LogP contribution < -0.4 is 16.4 Å². The van der Waals surface area contributed by atoms with E-state index >= 15 is 0 Å². The molecule has 4 N–H and O–H groups in total. The molecular formula is C11H19N5O2. The molecule has 0 aliphatic carbocycles. The maximum absolute atomic E-state index is 11.6.